The molecule has 18 heteroatoms. The van der Waals surface area contributed by atoms with Gasteiger partial charge in [0.15, 0.2) is 6.29 Å². The molecule has 288 valence electrons. The second kappa shape index (κ2) is 23.1. The van der Waals surface area contributed by atoms with Crippen LogP contribution >= 0.6 is 11.6 Å². The summed E-state index contributed by atoms with van der Waals surface area (Å²) in [5, 5.41) is 3.98. The number of hydrogen-bond acceptors (Lipinski definition) is 15. The number of ether oxygens (including phenoxy) is 7. The Morgan fingerprint density at radius 1 is 0.849 bits per heavy atom. The van der Waals surface area contributed by atoms with Crippen molar-refractivity contribution in [1.82, 2.24) is 0 Å². The van der Waals surface area contributed by atoms with Gasteiger partial charge in [0.05, 0.1) is 52.5 Å². The zero-order valence-corrected chi connectivity index (χ0v) is 30.9. The van der Waals surface area contributed by atoms with E-state index >= 15 is 0 Å². The summed E-state index contributed by atoms with van der Waals surface area (Å²) in [5.74, 6) is -3.35. The minimum absolute atomic E-state index is 0.0588. The highest BCUT2D eigenvalue weighted by molar-refractivity contribution is 6.31. The maximum atomic E-state index is 12.4. The Morgan fingerprint density at radius 2 is 1.45 bits per heavy atom. The van der Waals surface area contributed by atoms with E-state index < -0.39 is 35.9 Å². The van der Waals surface area contributed by atoms with Crippen LogP contribution in [0.15, 0.2) is 35.4 Å². The number of methoxy groups -OCH3 is 4. The number of azide groups is 1. The minimum atomic E-state index is -0.894. The van der Waals surface area contributed by atoms with Crippen LogP contribution in [0.1, 0.15) is 67.3 Å². The summed E-state index contributed by atoms with van der Waals surface area (Å²) in [5.41, 5.74) is 9.22. The largest absolute Gasteiger partial charge is 0.489 e. The lowest BCUT2D eigenvalue weighted by Gasteiger charge is -2.28. The maximum absolute atomic E-state index is 12.4. The molecule has 0 aliphatic carbocycles. The SMILES string of the molecule is COC(=O)CC(CC(=O)OC)c1cc(OC=O)c(C=O)cc1OCC(CCCCC(C)N=[N+]=[N-])Oc1ccc(Cl)cc1N(CC(=O)OC)CC(=O)OC. The number of hydrogen-bond donors (Lipinski definition) is 0. The van der Waals surface area contributed by atoms with Crippen molar-refractivity contribution in [3.63, 3.8) is 0 Å². The van der Waals surface area contributed by atoms with Gasteiger partial charge in [-0.25, -0.2) is 0 Å². The van der Waals surface area contributed by atoms with E-state index in [2.05, 4.69) is 10.0 Å². The molecule has 0 aromatic heterocycles. The molecule has 2 unspecified atom stereocenters. The molecule has 2 rings (SSSR count). The summed E-state index contributed by atoms with van der Waals surface area (Å²) < 4.78 is 37.1. The number of carbonyl (C=O) groups excluding carboxylic acids is 6. The van der Waals surface area contributed by atoms with Gasteiger partial charge in [-0.05, 0) is 55.1 Å². The fourth-order valence-electron chi connectivity index (χ4n) is 5.14. The maximum Gasteiger partial charge on any atom is 0.325 e. The summed E-state index contributed by atoms with van der Waals surface area (Å²) in [6.45, 7) is 1.04. The third-order valence-corrected chi connectivity index (χ3v) is 8.12. The quantitative estimate of drug-likeness (QED) is 0.0257. The molecule has 2 aromatic rings. The zero-order chi connectivity index (χ0) is 39.3. The molecule has 0 saturated carbocycles. The highest BCUT2D eigenvalue weighted by atomic mass is 35.5. The van der Waals surface area contributed by atoms with Crippen LogP contribution in [0.3, 0.4) is 0 Å². The topological polar surface area (TPSA) is 219 Å². The molecule has 0 radical (unpaired) electrons. The molecule has 2 aromatic carbocycles. The molecule has 53 heavy (non-hydrogen) atoms. The van der Waals surface area contributed by atoms with Gasteiger partial charge in [0, 0.05) is 27.5 Å². The Hall–Kier alpha value is -5.54. The molecule has 0 saturated heterocycles. The van der Waals surface area contributed by atoms with Crippen molar-refractivity contribution in [3.05, 3.63) is 56.9 Å². The van der Waals surface area contributed by atoms with Gasteiger partial charge in [-0.2, -0.15) is 0 Å². The molecular formula is C35H43ClN4O13. The lowest BCUT2D eigenvalue weighted by atomic mass is 9.90. The number of anilines is 1. The number of carbonyl (C=O) groups is 6. The van der Waals surface area contributed by atoms with Gasteiger partial charge in [0.2, 0.25) is 0 Å². The summed E-state index contributed by atoms with van der Waals surface area (Å²) in [6.07, 6.45) is 1.28. The van der Waals surface area contributed by atoms with Crippen LogP contribution in [-0.2, 0) is 42.9 Å². The fraction of sp³-hybridized carbons (Fsp3) is 0.486. The predicted octanol–water partition coefficient (Wildman–Crippen LogP) is 5.14. The Bertz CT molecular complexity index is 1600. The van der Waals surface area contributed by atoms with Crippen LogP contribution in [0.4, 0.5) is 5.69 Å². The molecule has 0 spiro atoms. The van der Waals surface area contributed by atoms with E-state index in [0.717, 1.165) is 0 Å². The Kier molecular flexibility index (Phi) is 19.0. The van der Waals surface area contributed by atoms with Crippen LogP contribution in [0.2, 0.25) is 5.02 Å². The number of benzene rings is 2. The number of rotatable bonds is 24. The van der Waals surface area contributed by atoms with Crippen molar-refractivity contribution in [2.75, 3.05) is 53.0 Å². The van der Waals surface area contributed by atoms with Crippen molar-refractivity contribution in [2.45, 2.75) is 63.5 Å². The monoisotopic (exact) mass is 762 g/mol. The lowest BCUT2D eigenvalue weighted by Crippen LogP contribution is -2.36. The van der Waals surface area contributed by atoms with E-state index in [1.807, 2.05) is 0 Å². The predicted molar refractivity (Wildman–Crippen MR) is 189 cm³/mol. The van der Waals surface area contributed by atoms with Crippen LogP contribution in [-0.4, -0.2) is 96.9 Å². The molecule has 0 aliphatic heterocycles. The van der Waals surface area contributed by atoms with E-state index in [9.17, 15) is 28.8 Å². The molecule has 0 aliphatic rings. The van der Waals surface area contributed by atoms with Crippen molar-refractivity contribution in [1.29, 1.82) is 0 Å². The molecule has 0 N–H and O–H groups in total. The highest BCUT2D eigenvalue weighted by Gasteiger charge is 2.28. The zero-order valence-electron chi connectivity index (χ0n) is 30.1. The van der Waals surface area contributed by atoms with Gasteiger partial charge >= 0.3 is 23.9 Å². The van der Waals surface area contributed by atoms with Crippen molar-refractivity contribution < 1.29 is 61.9 Å². The van der Waals surface area contributed by atoms with Gasteiger partial charge < -0.3 is 38.1 Å². The first-order valence-electron chi connectivity index (χ1n) is 16.3. The minimum Gasteiger partial charge on any atom is -0.489 e. The second-order valence-corrected chi connectivity index (χ2v) is 12.0. The normalized spacial score (nSPS) is 11.6. The van der Waals surface area contributed by atoms with Gasteiger partial charge in [-0.3, -0.25) is 28.8 Å². The molecule has 0 heterocycles. The summed E-state index contributed by atoms with van der Waals surface area (Å²) >= 11 is 6.34. The Labute approximate surface area is 311 Å². The number of aldehydes is 1. The molecule has 17 nitrogen and oxygen atoms in total. The first-order chi connectivity index (χ1) is 25.4. The lowest BCUT2D eigenvalue weighted by molar-refractivity contribution is -0.144. The van der Waals surface area contributed by atoms with E-state index in [4.69, 9.17) is 50.3 Å². The number of halogens is 1. The Balaban J connectivity index is 2.63. The first-order valence-corrected chi connectivity index (χ1v) is 16.7. The molecular weight excluding hydrogens is 720 g/mol. The van der Waals surface area contributed by atoms with E-state index in [1.165, 1.54) is 51.5 Å². The molecule has 2 atom stereocenters. The van der Waals surface area contributed by atoms with Crippen molar-refractivity contribution in [2.24, 2.45) is 5.11 Å². The van der Waals surface area contributed by atoms with Gasteiger partial charge in [0.25, 0.3) is 6.47 Å². The van der Waals surface area contributed by atoms with Gasteiger partial charge in [-0.1, -0.05) is 30.1 Å². The van der Waals surface area contributed by atoms with Crippen LogP contribution < -0.4 is 19.1 Å². The number of unbranched alkanes of at least 4 members (excludes halogenated alkanes) is 1. The smallest absolute Gasteiger partial charge is 0.325 e. The van der Waals surface area contributed by atoms with Crippen molar-refractivity contribution in [3.8, 4) is 17.2 Å². The van der Waals surface area contributed by atoms with Crippen LogP contribution in [0.25, 0.3) is 10.4 Å². The average Bonchev–Trinajstić information content (AvgIpc) is 3.15. The third kappa shape index (κ3) is 14.5. The number of nitrogens with zero attached hydrogens (tertiary/aromatic N) is 4. The van der Waals surface area contributed by atoms with E-state index in [1.54, 1.807) is 19.1 Å². The molecule has 0 fully saturated rings. The standard InChI is InChI=1S/C35H43ClN4O13/c1-22(38-39-37)8-6-7-9-26(53-29-11-10-25(36)15-28(29)40(17-34(45)49-4)18-35(46)50-5)20-51-31-12-24(19-41)30(52-21-42)16-27(31)23(13-32(43)47-2)14-33(44)48-3/h10-12,15-16,19,21-23,26H,6-9,13-14,17-18,20H2,1-5H3. The number of esters is 4. The molecule has 0 amide bonds. The third-order valence-electron chi connectivity index (χ3n) is 7.89. The van der Waals surface area contributed by atoms with Gasteiger partial charge in [0.1, 0.15) is 43.0 Å². The van der Waals surface area contributed by atoms with Gasteiger partial charge in [-0.15, -0.1) is 0 Å². The van der Waals surface area contributed by atoms with Crippen LogP contribution in [0.5, 0.6) is 17.2 Å². The summed E-state index contributed by atoms with van der Waals surface area (Å²) in [6, 6.07) is 7.00. The summed E-state index contributed by atoms with van der Waals surface area (Å²) in [4.78, 5) is 77.1. The first kappa shape index (κ1) is 43.6. The van der Waals surface area contributed by atoms with E-state index in [-0.39, 0.29) is 84.1 Å². The summed E-state index contributed by atoms with van der Waals surface area (Å²) in [7, 11) is 4.77. The fourth-order valence-corrected chi connectivity index (χ4v) is 5.31. The Morgan fingerprint density at radius 3 is 2.00 bits per heavy atom. The molecule has 0 bridgehead atoms. The second-order valence-electron chi connectivity index (χ2n) is 11.5. The van der Waals surface area contributed by atoms with Crippen molar-refractivity contribution >= 4 is 53.9 Å². The highest BCUT2D eigenvalue weighted by Crippen LogP contribution is 2.38. The van der Waals surface area contributed by atoms with Crippen LogP contribution in [0, 0.1) is 0 Å². The van der Waals surface area contributed by atoms with E-state index in [0.29, 0.717) is 32.0 Å². The average molecular weight is 763 g/mol.